The van der Waals surface area contributed by atoms with Crippen LogP contribution in [0.4, 0.5) is 0 Å². The van der Waals surface area contributed by atoms with Gasteiger partial charge in [-0.05, 0) is 104 Å². The lowest BCUT2D eigenvalue weighted by atomic mass is 9.48. The molecule has 1 N–H and O–H groups in total. The van der Waals surface area contributed by atoms with E-state index < -0.39 is 0 Å². The third-order valence-corrected chi connectivity index (χ3v) is 8.36. The summed E-state index contributed by atoms with van der Waals surface area (Å²) in [6, 6.07) is 14.6. The monoisotopic (exact) mass is 439 g/mol. The van der Waals surface area contributed by atoms with Crippen LogP contribution < -0.4 is 14.8 Å². The fourth-order valence-corrected chi connectivity index (χ4v) is 7.14. The normalized spacial score (nSPS) is 29.7. The molecule has 0 unspecified atom stereocenters. The van der Waals surface area contributed by atoms with E-state index in [0.29, 0.717) is 18.1 Å². The number of ether oxygens (including phenoxy) is 2. The van der Waals surface area contributed by atoms with Crippen molar-refractivity contribution < 1.29 is 9.47 Å². The fourth-order valence-electron chi connectivity index (χ4n) is 6.92. The molecule has 0 spiro atoms. The van der Waals surface area contributed by atoms with Gasteiger partial charge < -0.3 is 14.8 Å². The quantitative estimate of drug-likeness (QED) is 0.501. The number of hydrogen-bond donors (Lipinski definition) is 1. The van der Waals surface area contributed by atoms with Crippen LogP contribution in [0.2, 0.25) is 5.02 Å². The Morgan fingerprint density at radius 3 is 2.32 bits per heavy atom. The minimum atomic E-state index is 0.470. The summed E-state index contributed by atoms with van der Waals surface area (Å²) in [7, 11) is 1.71. The van der Waals surface area contributed by atoms with E-state index in [9.17, 15) is 0 Å². The summed E-state index contributed by atoms with van der Waals surface area (Å²) >= 11 is 6.08. The molecule has 3 nitrogen and oxygen atoms in total. The Morgan fingerprint density at radius 1 is 0.968 bits per heavy atom. The fraction of sp³-hybridized carbons (Fsp3) is 0.556. The van der Waals surface area contributed by atoms with E-state index in [1.54, 1.807) is 7.11 Å². The molecule has 166 valence electrons. The maximum atomic E-state index is 6.08. The zero-order chi connectivity index (χ0) is 21.4. The van der Waals surface area contributed by atoms with Crippen molar-refractivity contribution in [3.05, 3.63) is 58.6 Å². The maximum absolute atomic E-state index is 6.08. The van der Waals surface area contributed by atoms with Crippen LogP contribution in [0.15, 0.2) is 42.5 Å². The molecule has 31 heavy (non-hydrogen) atoms. The number of hydrogen-bond acceptors (Lipinski definition) is 3. The zero-order valence-electron chi connectivity index (χ0n) is 18.7. The number of rotatable bonds is 8. The molecule has 4 heteroatoms. The predicted octanol–water partition coefficient (Wildman–Crippen LogP) is 6.62. The molecule has 0 saturated heterocycles. The first kappa shape index (κ1) is 21.2. The molecule has 4 aliphatic rings. The van der Waals surface area contributed by atoms with Gasteiger partial charge in [0.05, 0.1) is 7.11 Å². The van der Waals surface area contributed by atoms with Gasteiger partial charge in [0.25, 0.3) is 0 Å². The lowest BCUT2D eigenvalue weighted by Crippen LogP contribution is -2.54. The molecule has 4 bridgehead atoms. The molecule has 0 radical (unpaired) electrons. The Morgan fingerprint density at radius 2 is 1.68 bits per heavy atom. The molecule has 0 aliphatic heterocycles. The van der Waals surface area contributed by atoms with Gasteiger partial charge in [0.15, 0.2) is 11.5 Å². The number of nitrogens with one attached hydrogen (secondary N) is 1. The minimum Gasteiger partial charge on any atom is -0.493 e. The summed E-state index contributed by atoms with van der Waals surface area (Å²) in [4.78, 5) is 0. The second-order valence-corrected chi connectivity index (χ2v) is 10.7. The predicted molar refractivity (Wildman–Crippen MR) is 126 cm³/mol. The number of benzene rings is 2. The largest absolute Gasteiger partial charge is 0.493 e. The summed E-state index contributed by atoms with van der Waals surface area (Å²) in [6.45, 7) is 3.76. The summed E-state index contributed by atoms with van der Waals surface area (Å²) in [5.41, 5.74) is 2.81. The lowest BCUT2D eigenvalue weighted by molar-refractivity contribution is -0.0706. The van der Waals surface area contributed by atoms with Gasteiger partial charge in [-0.3, -0.25) is 0 Å². The zero-order valence-corrected chi connectivity index (χ0v) is 19.5. The second-order valence-electron chi connectivity index (χ2n) is 10.3. The van der Waals surface area contributed by atoms with Crippen LogP contribution in [-0.2, 0) is 13.2 Å². The Hall–Kier alpha value is -1.71. The molecule has 0 heterocycles. The first-order chi connectivity index (χ1) is 15.0. The molecule has 4 aliphatic carbocycles. The van der Waals surface area contributed by atoms with Crippen molar-refractivity contribution >= 4 is 11.6 Å². The third kappa shape index (κ3) is 4.45. The van der Waals surface area contributed by atoms with Crippen LogP contribution in [0, 0.1) is 23.2 Å². The molecule has 1 atom stereocenters. The van der Waals surface area contributed by atoms with E-state index in [-0.39, 0.29) is 0 Å². The maximum Gasteiger partial charge on any atom is 0.161 e. The van der Waals surface area contributed by atoms with Crippen LogP contribution in [0.3, 0.4) is 0 Å². The number of halogens is 1. The van der Waals surface area contributed by atoms with Crippen molar-refractivity contribution in [1.82, 2.24) is 5.32 Å². The van der Waals surface area contributed by atoms with Crippen molar-refractivity contribution in [3.8, 4) is 11.5 Å². The molecule has 2 aromatic carbocycles. The first-order valence-electron chi connectivity index (χ1n) is 11.8. The van der Waals surface area contributed by atoms with Crippen molar-refractivity contribution in [2.24, 2.45) is 23.2 Å². The van der Waals surface area contributed by atoms with Crippen LogP contribution in [-0.4, -0.2) is 13.2 Å². The van der Waals surface area contributed by atoms with Crippen molar-refractivity contribution in [2.75, 3.05) is 7.11 Å². The van der Waals surface area contributed by atoms with Crippen LogP contribution in [0.1, 0.15) is 56.6 Å². The van der Waals surface area contributed by atoms with Gasteiger partial charge in [-0.25, -0.2) is 0 Å². The van der Waals surface area contributed by atoms with E-state index >= 15 is 0 Å². The highest BCUT2D eigenvalue weighted by Crippen LogP contribution is 2.61. The highest BCUT2D eigenvalue weighted by atomic mass is 35.5. The average molecular weight is 440 g/mol. The highest BCUT2D eigenvalue weighted by Gasteiger charge is 2.52. The van der Waals surface area contributed by atoms with Gasteiger partial charge in [0.2, 0.25) is 0 Å². The Balaban J connectivity index is 1.21. The lowest BCUT2D eigenvalue weighted by Gasteiger charge is -2.59. The molecule has 0 aromatic heterocycles. The summed E-state index contributed by atoms with van der Waals surface area (Å²) in [5.74, 6) is 4.52. The van der Waals surface area contributed by atoms with Gasteiger partial charge in [0, 0.05) is 17.6 Å². The smallest absolute Gasteiger partial charge is 0.161 e. The van der Waals surface area contributed by atoms with E-state index in [1.807, 2.05) is 30.3 Å². The molecule has 4 saturated carbocycles. The first-order valence-corrected chi connectivity index (χ1v) is 12.2. The Kier molecular flexibility index (Phi) is 5.92. The molecule has 4 fully saturated rings. The van der Waals surface area contributed by atoms with Gasteiger partial charge in [-0.2, -0.15) is 0 Å². The van der Waals surface area contributed by atoms with E-state index in [1.165, 1.54) is 44.1 Å². The van der Waals surface area contributed by atoms with Gasteiger partial charge >= 0.3 is 0 Å². The Labute approximate surface area is 191 Å². The standard InChI is InChI=1S/C27H34ClNO2/c1-18(27-13-21-8-22(14-27)10-23(9-21)15-27)29-16-19-6-7-25(26(12-19)30-2)31-17-20-4-3-5-24(28)11-20/h3-7,11-12,18,21-23,29H,8-10,13-17H2,1-2H3/t18-,21?,22?,23?,27?/m0/s1. The summed E-state index contributed by atoms with van der Waals surface area (Å²) in [6.07, 6.45) is 8.81. The minimum absolute atomic E-state index is 0.470. The number of methoxy groups -OCH3 is 1. The van der Waals surface area contributed by atoms with E-state index in [4.69, 9.17) is 21.1 Å². The van der Waals surface area contributed by atoms with Crippen molar-refractivity contribution in [1.29, 1.82) is 0 Å². The van der Waals surface area contributed by atoms with E-state index in [2.05, 4.69) is 24.4 Å². The van der Waals surface area contributed by atoms with Gasteiger partial charge in [-0.15, -0.1) is 0 Å². The summed E-state index contributed by atoms with van der Waals surface area (Å²) in [5, 5.41) is 4.60. The van der Waals surface area contributed by atoms with Gasteiger partial charge in [0.1, 0.15) is 6.61 Å². The van der Waals surface area contributed by atoms with E-state index in [0.717, 1.165) is 46.4 Å². The van der Waals surface area contributed by atoms with Crippen molar-refractivity contribution in [2.45, 2.75) is 64.6 Å². The molecule has 6 rings (SSSR count). The molecular weight excluding hydrogens is 406 g/mol. The molecular formula is C27H34ClNO2. The second kappa shape index (κ2) is 8.67. The SMILES string of the molecule is COc1cc(CN[C@@H](C)C23CC4CC(CC(C4)C2)C3)ccc1OCc1cccc(Cl)c1. The van der Waals surface area contributed by atoms with Crippen molar-refractivity contribution in [3.63, 3.8) is 0 Å². The topological polar surface area (TPSA) is 30.5 Å². The highest BCUT2D eigenvalue weighted by molar-refractivity contribution is 6.30. The molecule has 2 aromatic rings. The molecule has 0 amide bonds. The van der Waals surface area contributed by atoms with Crippen LogP contribution in [0.5, 0.6) is 11.5 Å². The van der Waals surface area contributed by atoms with Crippen LogP contribution >= 0.6 is 11.6 Å². The summed E-state index contributed by atoms with van der Waals surface area (Å²) < 4.78 is 11.6. The van der Waals surface area contributed by atoms with Gasteiger partial charge in [-0.1, -0.05) is 29.8 Å². The third-order valence-electron chi connectivity index (χ3n) is 8.13. The Bertz CT molecular complexity index is 892. The average Bonchev–Trinajstić information content (AvgIpc) is 2.75. The van der Waals surface area contributed by atoms with Crippen LogP contribution in [0.25, 0.3) is 0 Å².